The average molecular weight is 494 g/mol. The number of H-pyrrole nitrogens is 1. The molecule has 3 aliphatic heterocycles. The van der Waals surface area contributed by atoms with Crippen LogP contribution in [0.4, 0.5) is 14.5 Å². The van der Waals surface area contributed by atoms with Crippen molar-refractivity contribution in [2.24, 2.45) is 0 Å². The molecule has 3 aliphatic rings. The van der Waals surface area contributed by atoms with E-state index in [1.807, 2.05) is 4.90 Å². The number of fused-ring (bicyclic) bond motifs is 2. The molecule has 0 saturated carbocycles. The second kappa shape index (κ2) is 8.62. The predicted molar refractivity (Wildman–Crippen MR) is 119 cm³/mol. The Morgan fingerprint density at radius 1 is 1.09 bits per heavy atom. The van der Waals surface area contributed by atoms with Gasteiger partial charge in [-0.15, -0.1) is 0 Å². The monoisotopic (exact) mass is 493 g/mol. The third-order valence-electron chi connectivity index (χ3n) is 6.46. The van der Waals surface area contributed by atoms with Crippen LogP contribution >= 0.6 is 11.6 Å². The van der Waals surface area contributed by atoms with E-state index in [1.165, 1.54) is 18.2 Å². The molecule has 3 saturated heterocycles. The first-order chi connectivity index (χ1) is 16.5. The predicted octanol–water partition coefficient (Wildman–Crippen LogP) is 2.90. The molecule has 3 fully saturated rings. The Morgan fingerprint density at radius 3 is 2.59 bits per heavy atom. The summed E-state index contributed by atoms with van der Waals surface area (Å²) in [5.41, 5.74) is 1.24. The van der Waals surface area contributed by atoms with Crippen molar-refractivity contribution >= 4 is 28.3 Å². The highest BCUT2D eigenvalue weighted by Crippen LogP contribution is 2.38. The largest absolute Gasteiger partial charge is 0.469 e. The van der Waals surface area contributed by atoms with Gasteiger partial charge in [-0.3, -0.25) is 0 Å². The number of nitrogens with one attached hydrogen (secondary N) is 1. The number of ether oxygens (including phenoxy) is 4. The zero-order valence-electron chi connectivity index (χ0n) is 18.0. The summed E-state index contributed by atoms with van der Waals surface area (Å²) in [6.07, 6.45) is -2.01. The fourth-order valence-electron chi connectivity index (χ4n) is 4.74. The van der Waals surface area contributed by atoms with E-state index in [2.05, 4.69) is 9.97 Å². The van der Waals surface area contributed by atoms with E-state index in [4.69, 9.17) is 30.5 Å². The molecule has 3 aromatic rings. The second-order valence-electron chi connectivity index (χ2n) is 8.56. The zero-order chi connectivity index (χ0) is 23.4. The number of aliphatic hydroxyl groups is 1. The number of aromatic amines is 1. The number of rotatable bonds is 4. The Bertz CT molecular complexity index is 1210. The maximum absolute atomic E-state index is 15.0. The minimum atomic E-state index is -0.706. The lowest BCUT2D eigenvalue weighted by molar-refractivity contribution is 0.00796. The summed E-state index contributed by atoms with van der Waals surface area (Å²) in [6.45, 7) is 2.59. The smallest absolute Gasteiger partial charge is 0.213 e. The lowest BCUT2D eigenvalue weighted by atomic mass is 10.1. The standard InChI is InChI=1S/C23H22ClF2N3O5/c24-19-20-15(28-23(19)34-17-10-33-21-16(30)9-32-22(17)21)2-1-14(27-20)18-12(25)7-11(8-13(18)26)29-3-5-31-6-4-29/h1-2,7-8,16-17,21-22,28,30H,3-6,9-10H2/t16-,17-,21?,22-/m1/s1. The van der Waals surface area contributed by atoms with Crippen molar-refractivity contribution in [3.8, 4) is 17.1 Å². The minimum absolute atomic E-state index is 0.120. The van der Waals surface area contributed by atoms with Gasteiger partial charge in [0.1, 0.15) is 40.5 Å². The van der Waals surface area contributed by atoms with Gasteiger partial charge in [0, 0.05) is 18.8 Å². The Balaban J connectivity index is 1.29. The summed E-state index contributed by atoms with van der Waals surface area (Å²) in [6, 6.07) is 5.81. The van der Waals surface area contributed by atoms with Crippen molar-refractivity contribution < 1.29 is 32.8 Å². The van der Waals surface area contributed by atoms with Gasteiger partial charge in [0.25, 0.3) is 0 Å². The number of benzene rings is 1. The molecule has 6 rings (SSSR count). The van der Waals surface area contributed by atoms with Crippen LogP contribution in [0.2, 0.25) is 5.02 Å². The number of aromatic nitrogens is 2. The Morgan fingerprint density at radius 2 is 1.82 bits per heavy atom. The quantitative estimate of drug-likeness (QED) is 0.577. The number of halogens is 3. The number of nitrogens with zero attached hydrogens (tertiary/aromatic N) is 2. The summed E-state index contributed by atoms with van der Waals surface area (Å²) in [7, 11) is 0. The number of pyridine rings is 1. The summed E-state index contributed by atoms with van der Waals surface area (Å²) in [5, 5.41) is 10.1. The van der Waals surface area contributed by atoms with Crippen molar-refractivity contribution in [2.75, 3.05) is 44.4 Å². The highest BCUT2D eigenvalue weighted by atomic mass is 35.5. The molecule has 34 heavy (non-hydrogen) atoms. The van der Waals surface area contributed by atoms with E-state index in [0.717, 1.165) is 0 Å². The molecule has 5 heterocycles. The van der Waals surface area contributed by atoms with Gasteiger partial charge in [0.2, 0.25) is 5.88 Å². The SMILES string of the molecule is O[C@@H]1CO[C@H]2C1OC[C@H]2Oc1[nH]c2ccc(-c3c(F)cc(N4CCOCC4)cc3F)nc2c1Cl. The van der Waals surface area contributed by atoms with Crippen LogP contribution in [0.3, 0.4) is 0 Å². The molecule has 8 nitrogen and oxygen atoms in total. The van der Waals surface area contributed by atoms with Gasteiger partial charge in [0.15, 0.2) is 6.10 Å². The van der Waals surface area contributed by atoms with Crippen LogP contribution in [0.5, 0.6) is 5.88 Å². The molecule has 180 valence electrons. The van der Waals surface area contributed by atoms with E-state index < -0.39 is 36.1 Å². The first-order valence-corrected chi connectivity index (χ1v) is 11.5. The van der Waals surface area contributed by atoms with Gasteiger partial charge in [-0.1, -0.05) is 11.6 Å². The minimum Gasteiger partial charge on any atom is -0.469 e. The van der Waals surface area contributed by atoms with Crippen LogP contribution in [0.15, 0.2) is 24.3 Å². The van der Waals surface area contributed by atoms with E-state index in [0.29, 0.717) is 43.0 Å². The van der Waals surface area contributed by atoms with E-state index in [1.54, 1.807) is 6.07 Å². The fraction of sp³-hybridized carbons (Fsp3) is 0.435. The van der Waals surface area contributed by atoms with Gasteiger partial charge in [-0.05, 0) is 24.3 Å². The van der Waals surface area contributed by atoms with Gasteiger partial charge in [-0.2, -0.15) is 0 Å². The Labute approximate surface area is 198 Å². The molecule has 0 spiro atoms. The van der Waals surface area contributed by atoms with Crippen molar-refractivity contribution in [3.63, 3.8) is 0 Å². The first-order valence-electron chi connectivity index (χ1n) is 11.1. The Kier molecular flexibility index (Phi) is 5.57. The van der Waals surface area contributed by atoms with Gasteiger partial charge in [0.05, 0.1) is 43.2 Å². The normalized spacial score (nSPS) is 26.9. The zero-order valence-corrected chi connectivity index (χ0v) is 18.7. The van der Waals surface area contributed by atoms with E-state index in [-0.39, 0.29) is 35.4 Å². The summed E-state index contributed by atoms with van der Waals surface area (Å²) in [4.78, 5) is 9.35. The van der Waals surface area contributed by atoms with Crippen LogP contribution < -0.4 is 9.64 Å². The van der Waals surface area contributed by atoms with Crippen molar-refractivity contribution in [1.82, 2.24) is 9.97 Å². The number of morpholine rings is 1. The van der Waals surface area contributed by atoms with Crippen LogP contribution in [0, 0.1) is 11.6 Å². The molecule has 0 amide bonds. The molecular weight excluding hydrogens is 472 g/mol. The molecule has 0 bridgehead atoms. The van der Waals surface area contributed by atoms with Crippen LogP contribution in [-0.2, 0) is 14.2 Å². The molecule has 11 heteroatoms. The highest BCUT2D eigenvalue weighted by molar-refractivity contribution is 6.36. The summed E-state index contributed by atoms with van der Waals surface area (Å²) < 4.78 is 52.5. The number of hydrogen-bond donors (Lipinski definition) is 2. The van der Waals surface area contributed by atoms with Gasteiger partial charge < -0.3 is 33.9 Å². The molecule has 4 atom stereocenters. The number of hydrogen-bond acceptors (Lipinski definition) is 7. The molecule has 0 radical (unpaired) electrons. The maximum atomic E-state index is 15.0. The van der Waals surface area contributed by atoms with Gasteiger partial charge in [-0.25, -0.2) is 13.8 Å². The number of aliphatic hydroxyl groups excluding tert-OH is 1. The first kappa shape index (κ1) is 22.0. The van der Waals surface area contributed by atoms with E-state index >= 15 is 8.78 Å². The second-order valence-corrected chi connectivity index (χ2v) is 8.94. The van der Waals surface area contributed by atoms with Crippen molar-refractivity contribution in [3.05, 3.63) is 40.9 Å². The molecular formula is C23H22ClF2N3O5. The van der Waals surface area contributed by atoms with Crippen LogP contribution in [-0.4, -0.2) is 79.0 Å². The average Bonchev–Trinajstić information content (AvgIpc) is 3.50. The lowest BCUT2D eigenvalue weighted by Gasteiger charge is -2.29. The summed E-state index contributed by atoms with van der Waals surface area (Å²) in [5.74, 6) is -1.16. The van der Waals surface area contributed by atoms with Gasteiger partial charge >= 0.3 is 0 Å². The van der Waals surface area contributed by atoms with Crippen LogP contribution in [0.25, 0.3) is 22.3 Å². The molecule has 2 N–H and O–H groups in total. The third-order valence-corrected chi connectivity index (χ3v) is 6.81. The van der Waals surface area contributed by atoms with Crippen molar-refractivity contribution in [1.29, 1.82) is 0 Å². The highest BCUT2D eigenvalue weighted by Gasteiger charge is 2.48. The summed E-state index contributed by atoms with van der Waals surface area (Å²) >= 11 is 6.52. The lowest BCUT2D eigenvalue weighted by Crippen LogP contribution is -2.36. The molecule has 1 aromatic carbocycles. The van der Waals surface area contributed by atoms with Crippen molar-refractivity contribution in [2.45, 2.75) is 24.4 Å². The van der Waals surface area contributed by atoms with Crippen LogP contribution in [0.1, 0.15) is 0 Å². The maximum Gasteiger partial charge on any atom is 0.213 e. The topological polar surface area (TPSA) is 89.1 Å². The molecule has 0 aliphatic carbocycles. The molecule has 1 unspecified atom stereocenters. The number of anilines is 1. The third kappa shape index (κ3) is 3.70. The van der Waals surface area contributed by atoms with E-state index in [9.17, 15) is 5.11 Å². The Hall–Kier alpha value is -2.50. The fourth-order valence-corrected chi connectivity index (χ4v) is 4.97. The molecule has 2 aromatic heterocycles.